The maximum absolute atomic E-state index is 12.3. The molecule has 8 heteroatoms. The number of rotatable bonds is 7. The average molecular weight is 382 g/mol. The molecule has 0 aliphatic carbocycles. The molecule has 2 aromatic carbocycles. The van der Waals surface area contributed by atoms with Crippen LogP contribution in [0.5, 0.6) is 5.75 Å². The maximum atomic E-state index is 12.3. The molecule has 0 saturated heterocycles. The van der Waals surface area contributed by atoms with Crippen LogP contribution < -0.4 is 5.32 Å². The molecular weight excluding hydrogens is 364 g/mol. The number of anilines is 1. The first-order valence-corrected chi connectivity index (χ1v) is 8.65. The lowest BCUT2D eigenvalue weighted by atomic mass is 10.1. The van der Waals surface area contributed by atoms with Gasteiger partial charge in [-0.15, -0.1) is 0 Å². The SMILES string of the molecule is O=C(O)Cc1ccc(O)c(NC(=O)CCCN2C(=O)c3ccccc3C2=O)c1. The summed E-state index contributed by atoms with van der Waals surface area (Å²) in [6, 6.07) is 10.7. The zero-order chi connectivity index (χ0) is 20.3. The number of phenolic OH excluding ortho intramolecular Hbond substituents is 1. The number of aliphatic carboxylic acids is 1. The van der Waals surface area contributed by atoms with E-state index in [2.05, 4.69) is 5.32 Å². The fourth-order valence-electron chi connectivity index (χ4n) is 3.02. The fraction of sp³-hybridized carbons (Fsp3) is 0.200. The smallest absolute Gasteiger partial charge is 0.307 e. The van der Waals surface area contributed by atoms with Crippen molar-refractivity contribution in [1.82, 2.24) is 4.90 Å². The second-order valence-corrected chi connectivity index (χ2v) is 6.38. The number of carbonyl (C=O) groups is 4. The highest BCUT2D eigenvalue weighted by atomic mass is 16.4. The van der Waals surface area contributed by atoms with Crippen LogP contribution in [0.4, 0.5) is 5.69 Å². The molecule has 1 aliphatic heterocycles. The average Bonchev–Trinajstić information content (AvgIpc) is 2.89. The molecule has 0 atom stereocenters. The van der Waals surface area contributed by atoms with E-state index in [0.717, 1.165) is 4.90 Å². The monoisotopic (exact) mass is 382 g/mol. The second kappa shape index (κ2) is 7.91. The number of carbonyl (C=O) groups excluding carboxylic acids is 3. The summed E-state index contributed by atoms with van der Waals surface area (Å²) in [5.74, 6) is -2.37. The van der Waals surface area contributed by atoms with Crippen LogP contribution in [0.25, 0.3) is 0 Å². The van der Waals surface area contributed by atoms with E-state index < -0.39 is 11.9 Å². The van der Waals surface area contributed by atoms with Crippen LogP contribution in [0.15, 0.2) is 42.5 Å². The van der Waals surface area contributed by atoms with Gasteiger partial charge in [0.2, 0.25) is 5.91 Å². The van der Waals surface area contributed by atoms with Gasteiger partial charge >= 0.3 is 5.97 Å². The lowest BCUT2D eigenvalue weighted by molar-refractivity contribution is -0.136. The molecule has 0 radical (unpaired) electrons. The highest BCUT2D eigenvalue weighted by molar-refractivity contribution is 6.21. The summed E-state index contributed by atoms with van der Waals surface area (Å²) < 4.78 is 0. The number of nitrogens with one attached hydrogen (secondary N) is 1. The molecule has 3 rings (SSSR count). The first-order valence-electron chi connectivity index (χ1n) is 8.65. The van der Waals surface area contributed by atoms with Gasteiger partial charge in [-0.25, -0.2) is 0 Å². The number of hydrogen-bond donors (Lipinski definition) is 3. The number of hydrogen-bond acceptors (Lipinski definition) is 5. The number of amides is 3. The molecule has 28 heavy (non-hydrogen) atoms. The van der Waals surface area contributed by atoms with Gasteiger partial charge < -0.3 is 15.5 Å². The summed E-state index contributed by atoms with van der Waals surface area (Å²) in [5.41, 5.74) is 1.27. The third-order valence-corrected chi connectivity index (χ3v) is 4.35. The van der Waals surface area contributed by atoms with Crippen LogP contribution in [-0.4, -0.2) is 45.3 Å². The zero-order valence-electron chi connectivity index (χ0n) is 14.8. The van der Waals surface area contributed by atoms with Crippen molar-refractivity contribution in [2.75, 3.05) is 11.9 Å². The van der Waals surface area contributed by atoms with Gasteiger partial charge in [0.15, 0.2) is 0 Å². The largest absolute Gasteiger partial charge is 0.506 e. The molecule has 3 amide bonds. The molecule has 1 aliphatic rings. The quantitative estimate of drug-likeness (QED) is 0.497. The van der Waals surface area contributed by atoms with Crippen molar-refractivity contribution in [2.24, 2.45) is 0 Å². The van der Waals surface area contributed by atoms with Gasteiger partial charge in [0, 0.05) is 13.0 Å². The number of benzene rings is 2. The van der Waals surface area contributed by atoms with E-state index >= 15 is 0 Å². The number of imide groups is 1. The van der Waals surface area contributed by atoms with Gasteiger partial charge in [-0.3, -0.25) is 24.1 Å². The highest BCUT2D eigenvalue weighted by Gasteiger charge is 2.34. The maximum Gasteiger partial charge on any atom is 0.307 e. The van der Waals surface area contributed by atoms with Crippen LogP contribution in [0.3, 0.4) is 0 Å². The van der Waals surface area contributed by atoms with E-state index in [1.807, 2.05) is 0 Å². The van der Waals surface area contributed by atoms with E-state index in [1.54, 1.807) is 24.3 Å². The Morgan fingerprint density at radius 1 is 1.00 bits per heavy atom. The number of aromatic hydroxyl groups is 1. The number of phenols is 1. The second-order valence-electron chi connectivity index (χ2n) is 6.38. The van der Waals surface area contributed by atoms with E-state index in [0.29, 0.717) is 16.7 Å². The van der Waals surface area contributed by atoms with Crippen molar-refractivity contribution in [3.8, 4) is 5.75 Å². The van der Waals surface area contributed by atoms with Gasteiger partial charge in [-0.2, -0.15) is 0 Å². The van der Waals surface area contributed by atoms with Gasteiger partial charge in [0.1, 0.15) is 5.75 Å². The molecule has 0 saturated carbocycles. The van der Waals surface area contributed by atoms with E-state index in [1.165, 1.54) is 18.2 Å². The van der Waals surface area contributed by atoms with E-state index in [4.69, 9.17) is 5.11 Å². The summed E-state index contributed by atoms with van der Waals surface area (Å²) in [6.07, 6.45) is 0.0474. The fourth-order valence-corrected chi connectivity index (χ4v) is 3.02. The topological polar surface area (TPSA) is 124 Å². The number of carboxylic acid groups (broad SMARTS) is 1. The lowest BCUT2D eigenvalue weighted by Gasteiger charge is -2.14. The van der Waals surface area contributed by atoms with Crippen molar-refractivity contribution in [3.05, 3.63) is 59.2 Å². The van der Waals surface area contributed by atoms with Gasteiger partial charge in [0.05, 0.1) is 23.2 Å². The molecule has 3 N–H and O–H groups in total. The summed E-state index contributed by atoms with van der Waals surface area (Å²) in [5, 5.41) is 21.2. The number of nitrogens with zero attached hydrogens (tertiary/aromatic N) is 1. The Bertz CT molecular complexity index is 934. The van der Waals surface area contributed by atoms with Crippen molar-refractivity contribution in [2.45, 2.75) is 19.3 Å². The summed E-state index contributed by atoms with van der Waals surface area (Å²) in [4.78, 5) is 48.6. The third-order valence-electron chi connectivity index (χ3n) is 4.35. The van der Waals surface area contributed by atoms with Crippen molar-refractivity contribution < 1.29 is 29.4 Å². The van der Waals surface area contributed by atoms with E-state index in [-0.39, 0.29) is 49.1 Å². The standard InChI is InChI=1S/C20H18N2O6/c23-16-8-7-12(11-18(25)26)10-15(16)21-17(24)6-3-9-22-19(27)13-4-1-2-5-14(13)20(22)28/h1-2,4-5,7-8,10,23H,3,6,9,11H2,(H,21,24)(H,25,26). The molecule has 0 aromatic heterocycles. The predicted molar refractivity (Wildman–Crippen MR) is 99.1 cm³/mol. The summed E-state index contributed by atoms with van der Waals surface area (Å²) >= 11 is 0. The van der Waals surface area contributed by atoms with Crippen LogP contribution in [0.1, 0.15) is 39.1 Å². The van der Waals surface area contributed by atoms with Gasteiger partial charge in [-0.05, 0) is 36.2 Å². The molecule has 0 bridgehead atoms. The summed E-state index contributed by atoms with van der Waals surface area (Å²) in [7, 11) is 0. The van der Waals surface area contributed by atoms with Gasteiger partial charge in [0.25, 0.3) is 11.8 Å². The van der Waals surface area contributed by atoms with Gasteiger partial charge in [-0.1, -0.05) is 18.2 Å². The Kier molecular flexibility index (Phi) is 5.39. The van der Waals surface area contributed by atoms with Crippen LogP contribution in [-0.2, 0) is 16.0 Å². The van der Waals surface area contributed by atoms with Crippen molar-refractivity contribution >= 4 is 29.4 Å². The first-order chi connectivity index (χ1) is 13.4. The molecule has 8 nitrogen and oxygen atoms in total. The van der Waals surface area contributed by atoms with Crippen molar-refractivity contribution in [3.63, 3.8) is 0 Å². The Hall–Kier alpha value is -3.68. The van der Waals surface area contributed by atoms with E-state index in [9.17, 15) is 24.3 Å². The zero-order valence-corrected chi connectivity index (χ0v) is 14.8. The minimum Gasteiger partial charge on any atom is -0.506 e. The predicted octanol–water partition coefficient (Wildman–Crippen LogP) is 2.03. The summed E-state index contributed by atoms with van der Waals surface area (Å²) in [6.45, 7) is 0.102. The minimum absolute atomic E-state index is 0.0238. The number of fused-ring (bicyclic) bond motifs is 1. The highest BCUT2D eigenvalue weighted by Crippen LogP contribution is 2.25. The molecular formula is C20H18N2O6. The Morgan fingerprint density at radius 3 is 2.25 bits per heavy atom. The van der Waals surface area contributed by atoms with Crippen molar-refractivity contribution in [1.29, 1.82) is 0 Å². The molecule has 0 fully saturated rings. The Balaban J connectivity index is 1.55. The lowest BCUT2D eigenvalue weighted by Crippen LogP contribution is -2.31. The molecule has 0 spiro atoms. The Morgan fingerprint density at radius 2 is 1.64 bits per heavy atom. The molecule has 2 aromatic rings. The molecule has 1 heterocycles. The number of carboxylic acids is 1. The molecule has 144 valence electrons. The third kappa shape index (κ3) is 4.01. The van der Waals surface area contributed by atoms with Crippen LogP contribution in [0.2, 0.25) is 0 Å². The Labute approximate surface area is 160 Å². The normalized spacial score (nSPS) is 12.8. The van der Waals surface area contributed by atoms with Crippen LogP contribution >= 0.6 is 0 Å². The molecule has 0 unspecified atom stereocenters. The first kappa shape index (κ1) is 19.1. The minimum atomic E-state index is -1.02. The van der Waals surface area contributed by atoms with Crippen LogP contribution in [0, 0.1) is 0 Å².